The van der Waals surface area contributed by atoms with Crippen molar-refractivity contribution in [1.29, 1.82) is 0 Å². The number of hydrogen-bond acceptors (Lipinski definition) is 5. The number of carbonyl (C=O) groups is 3. The van der Waals surface area contributed by atoms with E-state index in [9.17, 15) is 24.5 Å². The van der Waals surface area contributed by atoms with Gasteiger partial charge in [0.25, 0.3) is 17.5 Å². The van der Waals surface area contributed by atoms with Gasteiger partial charge >= 0.3 is 0 Å². The summed E-state index contributed by atoms with van der Waals surface area (Å²) in [5, 5.41) is 11.1. The summed E-state index contributed by atoms with van der Waals surface area (Å²) in [6.07, 6.45) is -0.177. The average molecular weight is 556 g/mol. The standard InChI is InChI=1S/C21H19ClIN3O5/c1-21(2,3)25(19(28)12-4-9-15(22)16(10-12)26(30)31)17-11-18(27)24(20(17)29)14-7-5-13(23)6-8-14/h4-10,17H,11H2,1-3H3. The Morgan fingerprint density at radius 3 is 2.35 bits per heavy atom. The van der Waals surface area contributed by atoms with E-state index >= 15 is 0 Å². The van der Waals surface area contributed by atoms with E-state index in [0.29, 0.717) is 5.69 Å². The van der Waals surface area contributed by atoms with Crippen LogP contribution in [0.1, 0.15) is 37.6 Å². The van der Waals surface area contributed by atoms with Crippen molar-refractivity contribution in [3.05, 3.63) is 66.7 Å². The molecule has 0 aromatic heterocycles. The molecular weight excluding hydrogens is 537 g/mol. The van der Waals surface area contributed by atoms with E-state index in [-0.39, 0.29) is 17.0 Å². The van der Waals surface area contributed by atoms with E-state index in [1.165, 1.54) is 17.0 Å². The fourth-order valence-electron chi connectivity index (χ4n) is 3.52. The molecule has 10 heteroatoms. The highest BCUT2D eigenvalue weighted by atomic mass is 127. The second-order valence-electron chi connectivity index (χ2n) is 8.03. The summed E-state index contributed by atoms with van der Waals surface area (Å²) in [6, 6.07) is 9.60. The highest BCUT2D eigenvalue weighted by Gasteiger charge is 2.47. The third kappa shape index (κ3) is 4.57. The lowest BCUT2D eigenvalue weighted by Gasteiger charge is -2.39. The Labute approximate surface area is 197 Å². The van der Waals surface area contributed by atoms with E-state index in [1.54, 1.807) is 45.0 Å². The van der Waals surface area contributed by atoms with Crippen molar-refractivity contribution in [2.24, 2.45) is 0 Å². The van der Waals surface area contributed by atoms with Crippen molar-refractivity contribution in [1.82, 2.24) is 4.90 Å². The average Bonchev–Trinajstić information content (AvgIpc) is 2.95. The van der Waals surface area contributed by atoms with Gasteiger partial charge in [-0.05, 0) is 79.8 Å². The monoisotopic (exact) mass is 555 g/mol. The van der Waals surface area contributed by atoms with Crippen LogP contribution in [0.15, 0.2) is 42.5 Å². The molecular formula is C21H19ClIN3O5. The van der Waals surface area contributed by atoms with E-state index in [2.05, 4.69) is 22.6 Å². The second kappa shape index (κ2) is 8.54. The first-order valence-electron chi connectivity index (χ1n) is 9.32. The maximum Gasteiger partial charge on any atom is 0.288 e. The molecule has 1 aliphatic heterocycles. The van der Waals surface area contributed by atoms with Crippen molar-refractivity contribution >= 4 is 63.3 Å². The molecule has 0 N–H and O–H groups in total. The molecule has 0 radical (unpaired) electrons. The van der Waals surface area contributed by atoms with Crippen LogP contribution in [-0.4, -0.2) is 39.1 Å². The fourth-order valence-corrected chi connectivity index (χ4v) is 4.06. The van der Waals surface area contributed by atoms with Crippen LogP contribution in [0.5, 0.6) is 0 Å². The summed E-state index contributed by atoms with van der Waals surface area (Å²) in [4.78, 5) is 52.3. The summed E-state index contributed by atoms with van der Waals surface area (Å²) >= 11 is 7.98. The number of carbonyl (C=O) groups excluding carboxylic acids is 3. The third-order valence-corrected chi connectivity index (χ3v) is 5.89. The maximum absolute atomic E-state index is 13.4. The minimum Gasteiger partial charge on any atom is -0.321 e. The maximum atomic E-state index is 13.4. The summed E-state index contributed by atoms with van der Waals surface area (Å²) in [6.45, 7) is 5.21. The topological polar surface area (TPSA) is 101 Å². The molecule has 1 heterocycles. The number of hydrogen-bond donors (Lipinski definition) is 0. The first kappa shape index (κ1) is 23.1. The van der Waals surface area contributed by atoms with Crippen LogP contribution in [-0.2, 0) is 9.59 Å². The number of amides is 3. The van der Waals surface area contributed by atoms with Crippen molar-refractivity contribution in [2.75, 3.05) is 4.90 Å². The molecule has 1 unspecified atom stereocenters. The minimum absolute atomic E-state index is 0.0130. The lowest BCUT2D eigenvalue weighted by Crippen LogP contribution is -2.54. The first-order valence-corrected chi connectivity index (χ1v) is 10.8. The molecule has 0 spiro atoms. The number of imide groups is 1. The van der Waals surface area contributed by atoms with Gasteiger partial charge in [0.15, 0.2) is 0 Å². The van der Waals surface area contributed by atoms with E-state index in [1.807, 2.05) is 0 Å². The van der Waals surface area contributed by atoms with Gasteiger partial charge in [0.2, 0.25) is 5.91 Å². The number of nitro groups is 1. The molecule has 0 saturated carbocycles. The molecule has 2 aromatic carbocycles. The largest absolute Gasteiger partial charge is 0.321 e. The quantitative estimate of drug-likeness (QED) is 0.241. The molecule has 1 fully saturated rings. The first-order chi connectivity index (χ1) is 14.4. The molecule has 162 valence electrons. The van der Waals surface area contributed by atoms with E-state index in [0.717, 1.165) is 14.5 Å². The van der Waals surface area contributed by atoms with Crippen molar-refractivity contribution in [2.45, 2.75) is 38.8 Å². The van der Waals surface area contributed by atoms with Crippen LogP contribution in [0.25, 0.3) is 0 Å². The number of halogens is 2. The fraction of sp³-hybridized carbons (Fsp3) is 0.286. The number of nitro benzene ring substituents is 1. The molecule has 1 atom stereocenters. The second-order valence-corrected chi connectivity index (χ2v) is 9.69. The highest BCUT2D eigenvalue weighted by molar-refractivity contribution is 14.1. The predicted octanol–water partition coefficient (Wildman–Crippen LogP) is 4.43. The van der Waals surface area contributed by atoms with Gasteiger partial charge < -0.3 is 4.90 Å². The molecule has 8 nitrogen and oxygen atoms in total. The van der Waals surface area contributed by atoms with Gasteiger partial charge in [-0.1, -0.05) is 11.6 Å². The molecule has 3 rings (SSSR count). The Morgan fingerprint density at radius 1 is 1.19 bits per heavy atom. The molecule has 2 aromatic rings. The Hall–Kier alpha value is -2.53. The predicted molar refractivity (Wildman–Crippen MR) is 124 cm³/mol. The van der Waals surface area contributed by atoms with Gasteiger partial charge in [0, 0.05) is 20.7 Å². The van der Waals surface area contributed by atoms with Crippen LogP contribution in [0.4, 0.5) is 11.4 Å². The Balaban J connectivity index is 2.00. The zero-order valence-electron chi connectivity index (χ0n) is 17.0. The van der Waals surface area contributed by atoms with Crippen molar-refractivity contribution in [3.8, 4) is 0 Å². The van der Waals surface area contributed by atoms with Crippen LogP contribution in [0, 0.1) is 13.7 Å². The van der Waals surface area contributed by atoms with Crippen LogP contribution in [0.3, 0.4) is 0 Å². The summed E-state index contributed by atoms with van der Waals surface area (Å²) in [5.41, 5.74) is -0.801. The third-order valence-electron chi connectivity index (χ3n) is 4.85. The van der Waals surface area contributed by atoms with Gasteiger partial charge in [-0.3, -0.25) is 24.5 Å². The number of rotatable bonds is 4. The lowest BCUT2D eigenvalue weighted by atomic mass is 9.99. The van der Waals surface area contributed by atoms with Gasteiger partial charge in [-0.25, -0.2) is 4.90 Å². The van der Waals surface area contributed by atoms with E-state index < -0.39 is 39.9 Å². The highest BCUT2D eigenvalue weighted by Crippen LogP contribution is 2.32. The van der Waals surface area contributed by atoms with Crippen LogP contribution >= 0.6 is 34.2 Å². The molecule has 31 heavy (non-hydrogen) atoms. The lowest BCUT2D eigenvalue weighted by molar-refractivity contribution is -0.384. The normalized spacial score (nSPS) is 16.5. The Bertz CT molecular complexity index is 1080. The Kier molecular flexibility index (Phi) is 6.38. The van der Waals surface area contributed by atoms with Crippen molar-refractivity contribution < 1.29 is 19.3 Å². The zero-order chi connectivity index (χ0) is 23.1. The van der Waals surface area contributed by atoms with Gasteiger partial charge in [-0.15, -0.1) is 0 Å². The smallest absolute Gasteiger partial charge is 0.288 e. The van der Waals surface area contributed by atoms with Crippen LogP contribution < -0.4 is 4.90 Å². The molecule has 3 amide bonds. The minimum atomic E-state index is -1.03. The number of anilines is 1. The summed E-state index contributed by atoms with van der Waals surface area (Å²) < 4.78 is 0.952. The van der Waals surface area contributed by atoms with Gasteiger partial charge in [0.1, 0.15) is 11.1 Å². The summed E-state index contributed by atoms with van der Waals surface area (Å²) in [5.74, 6) is -1.53. The van der Waals surface area contributed by atoms with Gasteiger partial charge in [-0.2, -0.15) is 0 Å². The summed E-state index contributed by atoms with van der Waals surface area (Å²) in [7, 11) is 0. The van der Waals surface area contributed by atoms with Crippen molar-refractivity contribution in [3.63, 3.8) is 0 Å². The SMILES string of the molecule is CC(C)(C)N(C(=O)c1ccc(Cl)c([N+](=O)[O-])c1)C1CC(=O)N(c2ccc(I)cc2)C1=O. The van der Waals surface area contributed by atoms with Gasteiger partial charge in [0.05, 0.1) is 17.0 Å². The number of nitrogens with zero attached hydrogens (tertiary/aromatic N) is 3. The molecule has 1 aliphatic rings. The molecule has 0 bridgehead atoms. The van der Waals surface area contributed by atoms with E-state index in [4.69, 9.17) is 11.6 Å². The Morgan fingerprint density at radius 2 is 1.81 bits per heavy atom. The van der Waals surface area contributed by atoms with Crippen LogP contribution in [0.2, 0.25) is 5.02 Å². The molecule has 1 saturated heterocycles. The zero-order valence-corrected chi connectivity index (χ0v) is 19.9. The number of benzene rings is 2. The molecule has 0 aliphatic carbocycles.